The summed E-state index contributed by atoms with van der Waals surface area (Å²) >= 11 is 6.19. The largest absolute Gasteiger partial charge is 0.388 e. The number of anilines is 1. The summed E-state index contributed by atoms with van der Waals surface area (Å²) in [4.78, 5) is 43.6. The minimum atomic E-state index is -0.608. The van der Waals surface area contributed by atoms with Crippen molar-refractivity contribution in [2.24, 2.45) is 0 Å². The number of imidazole rings is 1. The third kappa shape index (κ3) is 4.63. The van der Waals surface area contributed by atoms with E-state index in [9.17, 15) is 19.5 Å². The molecule has 3 rings (SSSR count). The fraction of sp³-hybridized carbons (Fsp3) is 0.455. The van der Waals surface area contributed by atoms with Gasteiger partial charge in [-0.3, -0.25) is 14.2 Å². The van der Waals surface area contributed by atoms with E-state index in [0.29, 0.717) is 42.5 Å². The molecule has 1 aromatic carbocycles. The van der Waals surface area contributed by atoms with E-state index in [1.54, 1.807) is 22.8 Å². The van der Waals surface area contributed by atoms with Gasteiger partial charge >= 0.3 is 5.69 Å². The number of carbonyl (C=O) groups is 1. The van der Waals surface area contributed by atoms with Crippen molar-refractivity contribution in [3.8, 4) is 0 Å². The maximum Gasteiger partial charge on any atom is 0.333 e. The second-order valence-corrected chi connectivity index (χ2v) is 8.13. The molecule has 10 heteroatoms. The molecule has 0 saturated carbocycles. The average Bonchev–Trinajstić information content (AvgIpc) is 3.12. The van der Waals surface area contributed by atoms with Crippen molar-refractivity contribution in [3.05, 3.63) is 55.4 Å². The number of rotatable bonds is 9. The van der Waals surface area contributed by atoms with Gasteiger partial charge in [-0.1, -0.05) is 37.9 Å². The van der Waals surface area contributed by atoms with Crippen LogP contribution in [0.15, 0.2) is 27.8 Å². The van der Waals surface area contributed by atoms with E-state index in [1.807, 2.05) is 20.8 Å². The van der Waals surface area contributed by atoms with Crippen LogP contribution in [0.3, 0.4) is 0 Å². The Hall–Kier alpha value is -2.91. The van der Waals surface area contributed by atoms with E-state index in [2.05, 4.69) is 10.3 Å². The summed E-state index contributed by atoms with van der Waals surface area (Å²) in [7, 11) is 0. The van der Waals surface area contributed by atoms with E-state index in [1.165, 1.54) is 4.57 Å². The van der Waals surface area contributed by atoms with Crippen molar-refractivity contribution in [1.29, 1.82) is 0 Å². The highest BCUT2D eigenvalue weighted by molar-refractivity contribution is 6.33. The molecule has 3 aromatic rings. The molecule has 0 radical (unpaired) electrons. The van der Waals surface area contributed by atoms with E-state index in [-0.39, 0.29) is 17.8 Å². The zero-order valence-corrected chi connectivity index (χ0v) is 19.3. The van der Waals surface area contributed by atoms with Gasteiger partial charge < -0.3 is 15.0 Å². The zero-order chi connectivity index (χ0) is 23.4. The summed E-state index contributed by atoms with van der Waals surface area (Å²) in [6, 6.07) is 5.19. The molecule has 1 amide bonds. The predicted octanol–water partition coefficient (Wildman–Crippen LogP) is 2.66. The first-order valence-electron chi connectivity index (χ1n) is 10.7. The van der Waals surface area contributed by atoms with Crippen LogP contribution < -0.4 is 16.6 Å². The van der Waals surface area contributed by atoms with Gasteiger partial charge in [-0.05, 0) is 37.5 Å². The number of hydrogen-bond acceptors (Lipinski definition) is 5. The molecule has 0 fully saturated rings. The number of amides is 1. The summed E-state index contributed by atoms with van der Waals surface area (Å²) < 4.78 is 3.97. The normalized spacial score (nSPS) is 11.3. The molecular weight excluding hydrogens is 434 g/mol. The lowest BCUT2D eigenvalue weighted by atomic mass is 10.2. The quantitative estimate of drug-likeness (QED) is 0.509. The molecule has 0 aliphatic rings. The highest BCUT2D eigenvalue weighted by Crippen LogP contribution is 2.22. The number of unbranched alkanes of at least 4 members (excludes halogenated alkanes) is 1. The molecule has 2 N–H and O–H groups in total. The third-order valence-electron chi connectivity index (χ3n) is 5.22. The molecule has 9 nitrogen and oxygen atoms in total. The van der Waals surface area contributed by atoms with Crippen LogP contribution in [0.1, 0.15) is 44.5 Å². The van der Waals surface area contributed by atoms with Gasteiger partial charge in [0, 0.05) is 13.1 Å². The maximum absolute atomic E-state index is 13.3. The number of aromatic nitrogens is 4. The Morgan fingerprint density at radius 1 is 1.12 bits per heavy atom. The molecule has 0 atom stereocenters. The topological polar surface area (TPSA) is 111 Å². The molecule has 2 heterocycles. The lowest BCUT2D eigenvalue weighted by molar-refractivity contribution is -0.116. The fourth-order valence-electron chi connectivity index (χ4n) is 3.63. The summed E-state index contributed by atoms with van der Waals surface area (Å²) in [5, 5.41) is 12.8. The van der Waals surface area contributed by atoms with Crippen LogP contribution in [-0.2, 0) is 31.0 Å². The van der Waals surface area contributed by atoms with Gasteiger partial charge in [-0.15, -0.1) is 0 Å². The number of aryl methyl sites for hydroxylation is 3. The monoisotopic (exact) mass is 461 g/mol. The Morgan fingerprint density at radius 3 is 2.50 bits per heavy atom. The number of fused-ring (bicyclic) bond motifs is 1. The number of aliphatic hydroxyl groups is 1. The van der Waals surface area contributed by atoms with Gasteiger partial charge in [0.1, 0.15) is 19.0 Å². The van der Waals surface area contributed by atoms with Crippen molar-refractivity contribution >= 4 is 34.4 Å². The van der Waals surface area contributed by atoms with E-state index in [4.69, 9.17) is 11.6 Å². The van der Waals surface area contributed by atoms with Gasteiger partial charge in [-0.2, -0.15) is 0 Å². The number of hydrogen-bond donors (Lipinski definition) is 2. The van der Waals surface area contributed by atoms with Gasteiger partial charge in [-0.25, -0.2) is 14.3 Å². The molecule has 0 bridgehead atoms. The molecule has 0 saturated heterocycles. The van der Waals surface area contributed by atoms with Crippen LogP contribution in [0, 0.1) is 6.92 Å². The molecule has 0 aliphatic heterocycles. The number of halogens is 1. The predicted molar refractivity (Wildman–Crippen MR) is 124 cm³/mol. The second-order valence-electron chi connectivity index (χ2n) is 7.72. The Balaban J connectivity index is 2.11. The van der Waals surface area contributed by atoms with E-state index in [0.717, 1.165) is 16.6 Å². The lowest BCUT2D eigenvalue weighted by Crippen LogP contribution is -2.43. The Morgan fingerprint density at radius 2 is 1.88 bits per heavy atom. The van der Waals surface area contributed by atoms with Crippen molar-refractivity contribution in [1.82, 2.24) is 18.7 Å². The molecule has 172 valence electrons. The summed E-state index contributed by atoms with van der Waals surface area (Å²) in [6.07, 6.45) is 2.24. The standard InChI is InChI=1S/C22H28ClN5O4/c1-4-6-10-27-20-19(26(9-5-2)17(13-29)25-20)21(31)28(22(27)32)12-18(30)24-16-8-7-14(3)11-15(16)23/h7-8,11,29H,4-6,9-10,12-13H2,1-3H3,(H,24,30). The van der Waals surface area contributed by atoms with Crippen LogP contribution in [0.25, 0.3) is 11.2 Å². The van der Waals surface area contributed by atoms with Gasteiger partial charge in [0.05, 0.1) is 10.7 Å². The minimum Gasteiger partial charge on any atom is -0.388 e. The summed E-state index contributed by atoms with van der Waals surface area (Å²) in [5.41, 5.74) is 0.589. The second kappa shape index (κ2) is 10.1. The van der Waals surface area contributed by atoms with Crippen molar-refractivity contribution in [2.75, 3.05) is 5.32 Å². The molecule has 0 spiro atoms. The highest BCUT2D eigenvalue weighted by Gasteiger charge is 2.22. The van der Waals surface area contributed by atoms with Crippen LogP contribution in [0.5, 0.6) is 0 Å². The van der Waals surface area contributed by atoms with Crippen molar-refractivity contribution in [2.45, 2.75) is 66.3 Å². The first kappa shape index (κ1) is 23.7. The smallest absolute Gasteiger partial charge is 0.333 e. The van der Waals surface area contributed by atoms with Gasteiger partial charge in [0.15, 0.2) is 11.2 Å². The number of nitrogens with one attached hydrogen (secondary N) is 1. The third-order valence-corrected chi connectivity index (χ3v) is 5.53. The molecule has 32 heavy (non-hydrogen) atoms. The van der Waals surface area contributed by atoms with Crippen molar-refractivity contribution < 1.29 is 9.90 Å². The Bertz CT molecular complexity index is 1260. The molecular formula is C22H28ClN5O4. The Kier molecular flexibility index (Phi) is 7.52. The number of nitrogens with zero attached hydrogens (tertiary/aromatic N) is 4. The van der Waals surface area contributed by atoms with Crippen LogP contribution in [0.2, 0.25) is 5.02 Å². The van der Waals surface area contributed by atoms with Crippen LogP contribution in [-0.4, -0.2) is 29.7 Å². The van der Waals surface area contributed by atoms with Gasteiger partial charge in [0.2, 0.25) is 5.91 Å². The molecule has 0 unspecified atom stereocenters. The highest BCUT2D eigenvalue weighted by atomic mass is 35.5. The minimum absolute atomic E-state index is 0.216. The number of benzene rings is 1. The zero-order valence-electron chi connectivity index (χ0n) is 18.5. The van der Waals surface area contributed by atoms with E-state index < -0.39 is 23.7 Å². The van der Waals surface area contributed by atoms with Crippen LogP contribution in [0.4, 0.5) is 5.69 Å². The van der Waals surface area contributed by atoms with Crippen LogP contribution >= 0.6 is 11.6 Å². The molecule has 0 aliphatic carbocycles. The average molecular weight is 462 g/mol. The van der Waals surface area contributed by atoms with Crippen molar-refractivity contribution in [3.63, 3.8) is 0 Å². The first-order valence-corrected chi connectivity index (χ1v) is 11.1. The SMILES string of the molecule is CCCCn1c(=O)n(CC(=O)Nc2ccc(C)cc2Cl)c(=O)c2c1nc(CO)n2CCC. The summed E-state index contributed by atoms with van der Waals surface area (Å²) in [5.74, 6) is -0.225. The Labute approximate surface area is 190 Å². The lowest BCUT2D eigenvalue weighted by Gasteiger charge is -2.13. The van der Waals surface area contributed by atoms with Gasteiger partial charge in [0.25, 0.3) is 5.56 Å². The van der Waals surface area contributed by atoms with E-state index >= 15 is 0 Å². The fourth-order valence-corrected chi connectivity index (χ4v) is 3.92. The number of aliphatic hydroxyl groups excluding tert-OH is 1. The first-order chi connectivity index (χ1) is 15.3. The maximum atomic E-state index is 13.3. The number of carbonyl (C=O) groups excluding carboxylic acids is 1. The summed E-state index contributed by atoms with van der Waals surface area (Å²) in [6.45, 7) is 5.80. The molecule has 2 aromatic heterocycles.